The lowest BCUT2D eigenvalue weighted by molar-refractivity contribution is -0.353. The minimum atomic E-state index is 0.852. The highest BCUT2D eigenvalue weighted by Crippen LogP contribution is 2.15. The first-order chi connectivity index (χ1) is 6.91. The van der Waals surface area contributed by atoms with Crippen LogP contribution in [0.2, 0.25) is 0 Å². The number of nitrogens with one attached hydrogen (secondary N) is 1. The summed E-state index contributed by atoms with van der Waals surface area (Å²) in [5.74, 6) is 2.84. The van der Waals surface area contributed by atoms with E-state index in [1.54, 1.807) is 0 Å². The fourth-order valence-electron chi connectivity index (χ4n) is 1.12. The van der Waals surface area contributed by atoms with Crippen molar-refractivity contribution in [3.05, 3.63) is 6.07 Å². The summed E-state index contributed by atoms with van der Waals surface area (Å²) in [5, 5.41) is 0. The average molecular weight is 210 g/mol. The van der Waals surface area contributed by atoms with Gasteiger partial charge >= 0.3 is 5.95 Å². The molecule has 15 heavy (non-hydrogen) atoms. The second-order valence-corrected chi connectivity index (χ2v) is 4.13. The lowest BCUT2D eigenvalue weighted by Gasteiger charge is -2.15. The normalized spacial score (nSPS) is 10.0. The van der Waals surface area contributed by atoms with Crippen molar-refractivity contribution in [2.45, 2.75) is 0 Å². The Balaban J connectivity index is 3.20. The van der Waals surface area contributed by atoms with E-state index in [-0.39, 0.29) is 0 Å². The molecule has 1 aromatic rings. The number of aromatic amines is 1. The van der Waals surface area contributed by atoms with Crippen LogP contribution in [0.3, 0.4) is 0 Å². The molecule has 0 aliphatic rings. The van der Waals surface area contributed by atoms with Crippen molar-refractivity contribution < 1.29 is 4.98 Å². The van der Waals surface area contributed by atoms with E-state index in [0.29, 0.717) is 0 Å². The lowest BCUT2D eigenvalue weighted by atomic mass is 10.4. The van der Waals surface area contributed by atoms with E-state index in [0.717, 1.165) is 17.6 Å². The molecular weight excluding hydrogens is 190 g/mol. The highest BCUT2D eigenvalue weighted by molar-refractivity contribution is 5.48. The molecule has 0 aliphatic carbocycles. The lowest BCUT2D eigenvalue weighted by Crippen LogP contribution is -2.29. The first-order valence-corrected chi connectivity index (χ1v) is 4.88. The number of H-pyrrole nitrogens is 1. The van der Waals surface area contributed by atoms with Crippen LogP contribution >= 0.6 is 0 Å². The molecule has 0 saturated carbocycles. The Morgan fingerprint density at radius 2 is 1.53 bits per heavy atom. The molecule has 0 saturated heterocycles. The summed E-state index contributed by atoms with van der Waals surface area (Å²) in [6, 6.07) is 2.02. The van der Waals surface area contributed by atoms with Crippen LogP contribution in [0.1, 0.15) is 0 Å². The minimum absolute atomic E-state index is 0.852. The largest absolute Gasteiger partial charge is 0.352 e. The predicted octanol–water partition coefficient (Wildman–Crippen LogP) is 0.0937. The highest BCUT2D eigenvalue weighted by atomic mass is 15.3. The fourth-order valence-corrected chi connectivity index (χ4v) is 1.12. The third-order valence-electron chi connectivity index (χ3n) is 2.09. The van der Waals surface area contributed by atoms with Crippen molar-refractivity contribution in [2.24, 2.45) is 0 Å². The van der Waals surface area contributed by atoms with E-state index in [9.17, 15) is 0 Å². The summed E-state index contributed by atoms with van der Waals surface area (Å²) in [4.78, 5) is 13.7. The van der Waals surface area contributed by atoms with Gasteiger partial charge in [-0.2, -0.15) is 0 Å². The molecular formula is C10H20N5+. The predicted molar refractivity (Wildman–Crippen MR) is 63.8 cm³/mol. The molecule has 1 N–H and O–H groups in total. The first-order valence-electron chi connectivity index (χ1n) is 4.88. The maximum Gasteiger partial charge on any atom is 0.348 e. The Labute approximate surface area is 91.3 Å². The van der Waals surface area contributed by atoms with Gasteiger partial charge in [-0.15, -0.1) is 0 Å². The minimum Gasteiger partial charge on any atom is -0.352 e. The number of hydrogen-bond donors (Lipinski definition) is 0. The van der Waals surface area contributed by atoms with Crippen LogP contribution in [-0.2, 0) is 0 Å². The summed E-state index contributed by atoms with van der Waals surface area (Å²) in [5.41, 5.74) is 0. The Morgan fingerprint density at radius 3 is 1.93 bits per heavy atom. The molecule has 84 valence electrons. The van der Waals surface area contributed by atoms with E-state index in [4.69, 9.17) is 0 Å². The maximum atomic E-state index is 4.48. The summed E-state index contributed by atoms with van der Waals surface area (Å²) in [6.45, 7) is 0. The fraction of sp³-hybridized carbons (Fsp3) is 0.600. The molecule has 0 aliphatic heterocycles. The smallest absolute Gasteiger partial charge is 0.348 e. The second-order valence-electron chi connectivity index (χ2n) is 4.13. The van der Waals surface area contributed by atoms with Crippen molar-refractivity contribution in [1.82, 2.24) is 4.98 Å². The van der Waals surface area contributed by atoms with Gasteiger partial charge < -0.3 is 9.80 Å². The average Bonchev–Trinajstić information content (AvgIpc) is 2.16. The van der Waals surface area contributed by atoms with Crippen molar-refractivity contribution >= 4 is 17.6 Å². The summed E-state index contributed by atoms with van der Waals surface area (Å²) >= 11 is 0. The topological polar surface area (TPSA) is 36.8 Å². The van der Waals surface area contributed by atoms with Gasteiger partial charge in [0.1, 0.15) is 0 Å². The zero-order valence-electron chi connectivity index (χ0n) is 10.4. The van der Waals surface area contributed by atoms with Crippen LogP contribution in [0, 0.1) is 0 Å². The van der Waals surface area contributed by atoms with Crippen molar-refractivity contribution in [3.8, 4) is 0 Å². The Morgan fingerprint density at radius 1 is 0.933 bits per heavy atom. The molecule has 0 unspecified atom stereocenters. The Kier molecular flexibility index (Phi) is 3.34. The van der Waals surface area contributed by atoms with Gasteiger partial charge in [-0.25, -0.2) is 4.98 Å². The molecule has 0 radical (unpaired) electrons. The van der Waals surface area contributed by atoms with E-state index in [1.807, 2.05) is 63.1 Å². The number of nitrogens with zero attached hydrogens (tertiary/aromatic N) is 4. The molecule has 0 bridgehead atoms. The molecule has 0 amide bonds. The molecule has 0 atom stereocenters. The maximum absolute atomic E-state index is 4.48. The Bertz CT molecular complexity index is 268. The molecule has 1 rings (SSSR count). The van der Waals surface area contributed by atoms with Crippen LogP contribution in [0.25, 0.3) is 0 Å². The summed E-state index contributed by atoms with van der Waals surface area (Å²) in [7, 11) is 11.9. The molecule has 5 nitrogen and oxygen atoms in total. The standard InChI is InChI=1S/C10H19N5/c1-13(2)8-7-9(14(3)4)12-10(11-8)15(5)6/h7H,1-6H3/p+1. The van der Waals surface area contributed by atoms with E-state index >= 15 is 0 Å². The number of aromatic nitrogens is 2. The van der Waals surface area contributed by atoms with Gasteiger partial charge in [0.15, 0.2) is 11.6 Å². The molecule has 5 heteroatoms. The third kappa shape index (κ3) is 2.71. The number of rotatable bonds is 3. The van der Waals surface area contributed by atoms with Gasteiger partial charge in [-0.05, 0) is 0 Å². The van der Waals surface area contributed by atoms with E-state index < -0.39 is 0 Å². The molecule has 0 fully saturated rings. The quantitative estimate of drug-likeness (QED) is 0.709. The molecule has 1 heterocycles. The molecule has 0 aromatic carbocycles. The van der Waals surface area contributed by atoms with Crippen LogP contribution < -0.4 is 19.7 Å². The summed E-state index contributed by atoms with van der Waals surface area (Å²) < 4.78 is 0. The SMILES string of the molecule is CN(C)c1cc(N(C)C)[nH+]c(N(C)C)n1. The summed E-state index contributed by atoms with van der Waals surface area (Å²) in [6.07, 6.45) is 0. The van der Waals surface area contributed by atoms with Crippen LogP contribution in [0.15, 0.2) is 6.07 Å². The van der Waals surface area contributed by atoms with E-state index in [1.165, 1.54) is 0 Å². The third-order valence-corrected chi connectivity index (χ3v) is 2.09. The van der Waals surface area contributed by atoms with Crippen molar-refractivity contribution in [2.75, 3.05) is 57.0 Å². The van der Waals surface area contributed by atoms with Crippen LogP contribution in [-0.4, -0.2) is 47.3 Å². The second kappa shape index (κ2) is 4.33. The van der Waals surface area contributed by atoms with Crippen molar-refractivity contribution in [1.29, 1.82) is 0 Å². The van der Waals surface area contributed by atoms with Crippen molar-refractivity contribution in [3.63, 3.8) is 0 Å². The van der Waals surface area contributed by atoms with Gasteiger partial charge in [0.25, 0.3) is 0 Å². The monoisotopic (exact) mass is 210 g/mol. The van der Waals surface area contributed by atoms with Gasteiger partial charge in [0.05, 0.1) is 6.07 Å². The number of anilines is 3. The van der Waals surface area contributed by atoms with Gasteiger partial charge in [0, 0.05) is 42.3 Å². The number of hydrogen-bond acceptors (Lipinski definition) is 4. The highest BCUT2D eigenvalue weighted by Gasteiger charge is 2.14. The van der Waals surface area contributed by atoms with E-state index in [2.05, 4.69) is 9.97 Å². The zero-order chi connectivity index (χ0) is 11.6. The van der Waals surface area contributed by atoms with Gasteiger partial charge in [-0.3, -0.25) is 4.90 Å². The van der Waals surface area contributed by atoms with Crippen LogP contribution in [0.5, 0.6) is 0 Å². The van der Waals surface area contributed by atoms with Gasteiger partial charge in [-0.1, -0.05) is 4.98 Å². The Hall–Kier alpha value is -1.52. The van der Waals surface area contributed by atoms with Gasteiger partial charge in [0.2, 0.25) is 0 Å². The zero-order valence-corrected chi connectivity index (χ0v) is 10.4. The molecule has 0 spiro atoms. The van der Waals surface area contributed by atoms with Crippen LogP contribution in [0.4, 0.5) is 17.6 Å². The first kappa shape index (κ1) is 11.6. The molecule has 1 aromatic heterocycles.